The van der Waals surface area contributed by atoms with Crippen LogP contribution in [-0.4, -0.2) is 36.5 Å². The van der Waals surface area contributed by atoms with E-state index in [0.717, 1.165) is 0 Å². The molecule has 0 aromatic heterocycles. The number of hydrogen-bond acceptors (Lipinski definition) is 2. The van der Waals surface area contributed by atoms with E-state index in [4.69, 9.17) is 13.0 Å². The molecule has 0 heterocycles. The van der Waals surface area contributed by atoms with Crippen molar-refractivity contribution in [1.82, 2.24) is 0 Å². The van der Waals surface area contributed by atoms with Crippen LogP contribution in [0.3, 0.4) is 0 Å². The molecule has 0 aliphatic rings. The SMILES string of the molecule is Fc1c(F)c(F)c(C(F)(F)C(F)(F)C(F)(F)C(F)(F)F)c(I)c1F.O=S(=O)(O)C(F)(F)F. The second-order valence-corrected chi connectivity index (χ2v) is 7.58. The van der Waals surface area contributed by atoms with Crippen molar-refractivity contribution < 1.29 is 83.2 Å². The highest BCUT2D eigenvalue weighted by molar-refractivity contribution is 14.1. The van der Waals surface area contributed by atoms with Gasteiger partial charge in [-0.25, -0.2) is 17.6 Å². The van der Waals surface area contributed by atoms with Gasteiger partial charge in [-0.15, -0.1) is 0 Å². The lowest BCUT2D eigenvalue weighted by molar-refractivity contribution is -0.400. The van der Waals surface area contributed by atoms with Crippen molar-refractivity contribution in [2.45, 2.75) is 29.5 Å². The maximum Gasteiger partial charge on any atom is 0.522 e. The van der Waals surface area contributed by atoms with Crippen LogP contribution >= 0.6 is 22.6 Å². The first-order valence-corrected chi connectivity index (χ1v) is 8.95. The Morgan fingerprint density at radius 2 is 0.938 bits per heavy atom. The quantitative estimate of drug-likeness (QED) is 0.107. The molecule has 0 amide bonds. The number of halogens is 17. The summed E-state index contributed by atoms with van der Waals surface area (Å²) in [6.45, 7) is 0. The van der Waals surface area contributed by atoms with E-state index in [0.29, 0.717) is 0 Å². The summed E-state index contributed by atoms with van der Waals surface area (Å²) in [5.74, 6) is -33.2. The fraction of sp³-hybridized carbons (Fsp3) is 0.455. The van der Waals surface area contributed by atoms with Crippen LogP contribution in [-0.2, 0) is 16.0 Å². The van der Waals surface area contributed by atoms with Gasteiger partial charge in [0.05, 0.1) is 9.13 Å². The molecule has 0 saturated carbocycles. The van der Waals surface area contributed by atoms with Gasteiger partial charge in [-0.3, -0.25) is 4.55 Å². The van der Waals surface area contributed by atoms with Gasteiger partial charge in [-0.05, 0) is 22.6 Å². The van der Waals surface area contributed by atoms with E-state index in [1.165, 1.54) is 0 Å². The molecule has 0 spiro atoms. The van der Waals surface area contributed by atoms with Gasteiger partial charge in [0.1, 0.15) is 0 Å². The standard InChI is InChI=1S/C10F13I.CHF3O3S/c11-2-1(6(24)5(14)4(13)3(2)12)7(15,16)8(17,18)9(19,20)10(21,22)23;2-1(3,4)8(5,6)7/h;(H,5,6,7). The summed E-state index contributed by atoms with van der Waals surface area (Å²) in [6.07, 6.45) is -7.21. The van der Waals surface area contributed by atoms with Gasteiger partial charge < -0.3 is 0 Å². The molecule has 1 aromatic rings. The maximum absolute atomic E-state index is 13.5. The Hall–Kier alpha value is -1.26. The third-order valence-electron chi connectivity index (χ3n) is 2.96. The van der Waals surface area contributed by atoms with E-state index in [1.54, 1.807) is 0 Å². The molecule has 0 atom stereocenters. The minimum Gasteiger partial charge on any atom is -0.279 e. The third kappa shape index (κ3) is 5.28. The highest BCUT2D eigenvalue weighted by atomic mass is 127. The molecule has 21 heteroatoms. The van der Waals surface area contributed by atoms with Crippen LogP contribution in [0.4, 0.5) is 70.2 Å². The lowest BCUT2D eigenvalue weighted by atomic mass is 9.96. The fourth-order valence-corrected chi connectivity index (χ4v) is 2.22. The molecule has 0 fully saturated rings. The number of alkyl halides is 12. The molecular weight excluding hydrogens is 643 g/mol. The number of rotatable bonds is 3. The first-order valence-electron chi connectivity index (χ1n) is 6.43. The van der Waals surface area contributed by atoms with Crippen molar-refractivity contribution in [2.24, 2.45) is 0 Å². The molecule has 188 valence electrons. The van der Waals surface area contributed by atoms with Crippen LogP contribution in [0, 0.1) is 26.8 Å². The first kappa shape index (κ1) is 30.7. The van der Waals surface area contributed by atoms with E-state index in [1.807, 2.05) is 0 Å². The largest absolute Gasteiger partial charge is 0.522 e. The zero-order chi connectivity index (χ0) is 26.5. The van der Waals surface area contributed by atoms with Crippen molar-refractivity contribution in [3.05, 3.63) is 32.4 Å². The van der Waals surface area contributed by atoms with Crippen molar-refractivity contribution in [1.29, 1.82) is 0 Å². The second-order valence-electron chi connectivity index (χ2n) is 5.09. The Labute approximate surface area is 178 Å². The van der Waals surface area contributed by atoms with Crippen molar-refractivity contribution in [2.75, 3.05) is 0 Å². The molecular formula is C11HF16IO3S. The molecule has 0 unspecified atom stereocenters. The van der Waals surface area contributed by atoms with Gasteiger partial charge in [0.2, 0.25) is 0 Å². The lowest BCUT2D eigenvalue weighted by Crippen LogP contribution is -2.60. The van der Waals surface area contributed by atoms with Gasteiger partial charge in [0.15, 0.2) is 23.3 Å². The summed E-state index contributed by atoms with van der Waals surface area (Å²) >= 11 is 0.226. The van der Waals surface area contributed by atoms with Gasteiger partial charge >= 0.3 is 39.6 Å². The van der Waals surface area contributed by atoms with E-state index in [2.05, 4.69) is 0 Å². The summed E-state index contributed by atoms with van der Waals surface area (Å²) in [5.41, 5.74) is -8.71. The van der Waals surface area contributed by atoms with Crippen LogP contribution in [0.1, 0.15) is 5.56 Å². The number of hydrogen-bond donors (Lipinski definition) is 1. The van der Waals surface area contributed by atoms with Crippen LogP contribution in [0.25, 0.3) is 0 Å². The predicted octanol–water partition coefficient (Wildman–Crippen LogP) is 6.17. The molecule has 1 aromatic carbocycles. The molecule has 1 N–H and O–H groups in total. The Morgan fingerprint density at radius 3 is 1.22 bits per heavy atom. The van der Waals surface area contributed by atoms with Crippen LogP contribution < -0.4 is 0 Å². The van der Waals surface area contributed by atoms with E-state index in [-0.39, 0.29) is 22.6 Å². The minimum atomic E-state index is -7.40. The zero-order valence-corrected chi connectivity index (χ0v) is 16.6. The Balaban J connectivity index is 0.00000102. The second kappa shape index (κ2) is 8.83. The molecule has 1 rings (SSSR count). The summed E-state index contributed by atoms with van der Waals surface area (Å²) < 4.78 is 222. The van der Waals surface area contributed by atoms with Crippen LogP contribution in [0.2, 0.25) is 0 Å². The average molecular weight is 644 g/mol. The molecule has 0 aliphatic carbocycles. The maximum atomic E-state index is 13.5. The molecule has 0 radical (unpaired) electrons. The Kier molecular flexibility index (Phi) is 8.48. The van der Waals surface area contributed by atoms with E-state index < -0.39 is 72.0 Å². The van der Waals surface area contributed by atoms with Crippen LogP contribution in [0.5, 0.6) is 0 Å². The fourth-order valence-electron chi connectivity index (χ4n) is 1.41. The Bertz CT molecular complexity index is 936. The molecule has 0 bridgehead atoms. The van der Waals surface area contributed by atoms with Gasteiger partial charge in [0.25, 0.3) is 0 Å². The van der Waals surface area contributed by atoms with Gasteiger partial charge in [-0.1, -0.05) is 0 Å². The van der Waals surface area contributed by atoms with E-state index >= 15 is 0 Å². The third-order valence-corrected chi connectivity index (χ3v) is 4.56. The highest BCUT2D eigenvalue weighted by Gasteiger charge is 2.82. The summed E-state index contributed by atoms with van der Waals surface area (Å²) in [7, 11) is -5.84. The monoisotopic (exact) mass is 644 g/mol. The zero-order valence-electron chi connectivity index (χ0n) is 13.6. The summed E-state index contributed by atoms with van der Waals surface area (Å²) in [4.78, 5) is 0. The Morgan fingerprint density at radius 1 is 0.625 bits per heavy atom. The molecule has 3 nitrogen and oxygen atoms in total. The molecule has 32 heavy (non-hydrogen) atoms. The van der Waals surface area contributed by atoms with Crippen molar-refractivity contribution in [3.63, 3.8) is 0 Å². The molecule has 0 aliphatic heterocycles. The average Bonchev–Trinajstić information content (AvgIpc) is 2.55. The van der Waals surface area contributed by atoms with Gasteiger partial charge in [-0.2, -0.15) is 61.1 Å². The predicted molar refractivity (Wildman–Crippen MR) is 76.4 cm³/mol. The lowest BCUT2D eigenvalue weighted by Gasteiger charge is -2.34. The van der Waals surface area contributed by atoms with Crippen LogP contribution in [0.15, 0.2) is 0 Å². The first-order chi connectivity index (χ1) is 13.7. The van der Waals surface area contributed by atoms with Gasteiger partial charge in [0, 0.05) is 0 Å². The number of benzene rings is 1. The van der Waals surface area contributed by atoms with E-state index in [9.17, 15) is 70.2 Å². The van der Waals surface area contributed by atoms with Crippen molar-refractivity contribution >= 4 is 32.7 Å². The highest BCUT2D eigenvalue weighted by Crippen LogP contribution is 2.57. The smallest absolute Gasteiger partial charge is 0.279 e. The summed E-state index contributed by atoms with van der Waals surface area (Å²) in [5, 5.41) is 0. The van der Waals surface area contributed by atoms with Crippen molar-refractivity contribution in [3.8, 4) is 0 Å². The normalized spacial score (nSPS) is 14.2. The summed E-state index contributed by atoms with van der Waals surface area (Å²) in [6, 6.07) is 0. The molecule has 0 saturated heterocycles. The minimum absolute atomic E-state index is 0.226. The topological polar surface area (TPSA) is 54.4 Å².